The number of nitrogens with two attached hydrogens (primary N) is 1. The first kappa shape index (κ1) is 9.14. The van der Waals surface area contributed by atoms with Gasteiger partial charge in [0.2, 0.25) is 5.91 Å². The van der Waals surface area contributed by atoms with Crippen LogP contribution in [0, 0.1) is 0 Å². The Hall–Kier alpha value is -1.43. The maximum absolute atomic E-state index is 11.1. The number of hydrogen-bond acceptors (Lipinski definition) is 4. The van der Waals surface area contributed by atoms with E-state index in [0.717, 1.165) is 5.56 Å². The van der Waals surface area contributed by atoms with Gasteiger partial charge in [-0.3, -0.25) is 4.79 Å². The third-order valence-electron chi connectivity index (χ3n) is 2.25. The summed E-state index contributed by atoms with van der Waals surface area (Å²) in [7, 11) is 0. The van der Waals surface area contributed by atoms with Gasteiger partial charge in [-0.2, -0.15) is 5.53 Å². The molecule has 1 aromatic carbocycles. The van der Waals surface area contributed by atoms with Crippen LogP contribution in [0.2, 0.25) is 0 Å². The van der Waals surface area contributed by atoms with Crippen molar-refractivity contribution in [3.8, 4) is 0 Å². The first-order chi connectivity index (χ1) is 6.79. The highest BCUT2D eigenvalue weighted by Crippen LogP contribution is 2.17. The Morgan fingerprint density at radius 3 is 2.57 bits per heavy atom. The summed E-state index contributed by atoms with van der Waals surface area (Å²) in [5.41, 5.74) is 14.7. The van der Waals surface area contributed by atoms with Crippen LogP contribution in [0.1, 0.15) is 11.6 Å². The third kappa shape index (κ3) is 1.60. The summed E-state index contributed by atoms with van der Waals surface area (Å²) in [5.74, 6) is -0.378. The quantitative estimate of drug-likeness (QED) is 0.494. The number of amides is 1. The second-order valence-electron chi connectivity index (χ2n) is 3.18. The molecule has 1 aromatic rings. The van der Waals surface area contributed by atoms with E-state index in [-0.39, 0.29) is 11.9 Å². The second kappa shape index (κ2) is 3.75. The molecular weight excluding hydrogens is 180 g/mol. The second-order valence-corrected chi connectivity index (χ2v) is 3.18. The van der Waals surface area contributed by atoms with Crippen molar-refractivity contribution in [1.82, 2.24) is 16.4 Å². The fourth-order valence-electron chi connectivity index (χ4n) is 1.54. The van der Waals surface area contributed by atoms with Crippen molar-refractivity contribution in [1.29, 1.82) is 0 Å². The number of carbonyl (C=O) groups is 1. The number of benzene rings is 1. The first-order valence-electron chi connectivity index (χ1n) is 4.39. The fraction of sp³-hybridized carbons (Fsp3) is 0.222. The van der Waals surface area contributed by atoms with E-state index in [9.17, 15) is 4.79 Å². The van der Waals surface area contributed by atoms with Gasteiger partial charge in [0.25, 0.3) is 0 Å². The van der Waals surface area contributed by atoms with Gasteiger partial charge in [0, 0.05) is 0 Å². The molecule has 0 bridgehead atoms. The summed E-state index contributed by atoms with van der Waals surface area (Å²) in [6.45, 7) is 0. The molecule has 2 unspecified atom stereocenters. The zero-order valence-electron chi connectivity index (χ0n) is 7.53. The van der Waals surface area contributed by atoms with Crippen molar-refractivity contribution in [3.63, 3.8) is 0 Å². The molecule has 74 valence electrons. The maximum Gasteiger partial charge on any atom is 0.237 e. The minimum atomic E-state index is -0.419. The number of carbonyl (C=O) groups excluding carboxylic acids is 1. The largest absolute Gasteiger partial charge is 0.368 e. The molecule has 1 fully saturated rings. The third-order valence-corrected chi connectivity index (χ3v) is 2.25. The Bertz CT molecular complexity index is 327. The van der Waals surface area contributed by atoms with Gasteiger partial charge in [-0.25, -0.2) is 10.9 Å². The summed E-state index contributed by atoms with van der Waals surface area (Å²) < 4.78 is 0. The van der Waals surface area contributed by atoms with Crippen LogP contribution in [0.15, 0.2) is 30.3 Å². The van der Waals surface area contributed by atoms with Crippen LogP contribution < -0.4 is 22.1 Å². The van der Waals surface area contributed by atoms with Gasteiger partial charge < -0.3 is 5.73 Å². The van der Waals surface area contributed by atoms with Gasteiger partial charge in [0.15, 0.2) is 0 Å². The molecule has 5 nitrogen and oxygen atoms in total. The lowest BCUT2D eigenvalue weighted by molar-refractivity contribution is -0.120. The zero-order valence-corrected chi connectivity index (χ0v) is 7.53. The monoisotopic (exact) mass is 192 g/mol. The molecule has 2 atom stereocenters. The van der Waals surface area contributed by atoms with Crippen molar-refractivity contribution in [3.05, 3.63) is 35.9 Å². The van der Waals surface area contributed by atoms with E-state index in [2.05, 4.69) is 16.4 Å². The molecule has 0 radical (unpaired) electrons. The fourth-order valence-corrected chi connectivity index (χ4v) is 1.54. The Kier molecular flexibility index (Phi) is 2.45. The molecule has 1 heterocycles. The van der Waals surface area contributed by atoms with Crippen molar-refractivity contribution in [2.75, 3.05) is 0 Å². The Balaban J connectivity index is 2.22. The molecule has 0 spiro atoms. The molecule has 1 amide bonds. The topological polar surface area (TPSA) is 79.2 Å². The minimum Gasteiger partial charge on any atom is -0.368 e. The van der Waals surface area contributed by atoms with Crippen LogP contribution in [0.5, 0.6) is 0 Å². The van der Waals surface area contributed by atoms with E-state index in [1.54, 1.807) is 0 Å². The molecule has 5 N–H and O–H groups in total. The van der Waals surface area contributed by atoms with Crippen LogP contribution in [0.4, 0.5) is 0 Å². The summed E-state index contributed by atoms with van der Waals surface area (Å²) in [5, 5.41) is 0. The van der Waals surface area contributed by atoms with E-state index in [1.165, 1.54) is 0 Å². The van der Waals surface area contributed by atoms with E-state index < -0.39 is 6.04 Å². The Morgan fingerprint density at radius 1 is 1.21 bits per heavy atom. The van der Waals surface area contributed by atoms with E-state index in [1.807, 2.05) is 30.3 Å². The highest BCUT2D eigenvalue weighted by Gasteiger charge is 2.31. The van der Waals surface area contributed by atoms with Crippen molar-refractivity contribution in [2.45, 2.75) is 12.1 Å². The highest BCUT2D eigenvalue weighted by molar-refractivity contribution is 5.81. The first-order valence-corrected chi connectivity index (χ1v) is 4.39. The van der Waals surface area contributed by atoms with E-state index >= 15 is 0 Å². The lowest BCUT2D eigenvalue weighted by Crippen LogP contribution is -2.42. The SMILES string of the molecule is NC(=O)C1NNNC1c1ccccc1. The zero-order chi connectivity index (χ0) is 9.97. The molecule has 1 aliphatic heterocycles. The number of hydrogen-bond donors (Lipinski definition) is 4. The number of nitrogens with one attached hydrogen (secondary N) is 3. The number of primary amides is 1. The highest BCUT2D eigenvalue weighted by atomic mass is 16.1. The normalized spacial score (nSPS) is 26.3. The van der Waals surface area contributed by atoms with Gasteiger partial charge in [0.1, 0.15) is 6.04 Å². The molecular formula is C9H12N4O. The predicted octanol–water partition coefficient (Wildman–Crippen LogP) is -0.806. The maximum atomic E-state index is 11.1. The summed E-state index contributed by atoms with van der Waals surface area (Å²) in [6.07, 6.45) is 0. The average Bonchev–Trinajstić information content (AvgIpc) is 2.67. The molecule has 0 aromatic heterocycles. The summed E-state index contributed by atoms with van der Waals surface area (Å²) >= 11 is 0. The van der Waals surface area contributed by atoms with Crippen LogP contribution in [0.25, 0.3) is 0 Å². The standard InChI is InChI=1S/C9H12N4O/c10-9(14)8-7(11-13-12-8)6-4-2-1-3-5-6/h1-5,7-8,11-13H,(H2,10,14). The Morgan fingerprint density at radius 2 is 1.93 bits per heavy atom. The minimum absolute atomic E-state index is 0.117. The van der Waals surface area contributed by atoms with Gasteiger partial charge in [-0.05, 0) is 5.56 Å². The lowest BCUT2D eigenvalue weighted by atomic mass is 10.0. The summed E-state index contributed by atoms with van der Waals surface area (Å²) in [4.78, 5) is 11.1. The number of hydrazine groups is 2. The molecule has 1 aliphatic rings. The Labute approximate surface area is 81.6 Å². The van der Waals surface area contributed by atoms with Gasteiger partial charge >= 0.3 is 0 Å². The molecule has 0 aliphatic carbocycles. The molecule has 5 heteroatoms. The van der Waals surface area contributed by atoms with Gasteiger partial charge in [0.05, 0.1) is 6.04 Å². The molecule has 14 heavy (non-hydrogen) atoms. The van der Waals surface area contributed by atoms with Crippen molar-refractivity contribution in [2.24, 2.45) is 5.73 Å². The van der Waals surface area contributed by atoms with Crippen LogP contribution >= 0.6 is 0 Å². The van der Waals surface area contributed by atoms with Crippen LogP contribution in [0.3, 0.4) is 0 Å². The summed E-state index contributed by atoms with van der Waals surface area (Å²) in [6, 6.07) is 9.13. The molecule has 1 saturated heterocycles. The average molecular weight is 192 g/mol. The van der Waals surface area contributed by atoms with E-state index in [0.29, 0.717) is 0 Å². The van der Waals surface area contributed by atoms with Crippen LogP contribution in [-0.4, -0.2) is 11.9 Å². The predicted molar refractivity (Wildman–Crippen MR) is 51.6 cm³/mol. The smallest absolute Gasteiger partial charge is 0.237 e. The van der Waals surface area contributed by atoms with Crippen molar-refractivity contribution < 1.29 is 4.79 Å². The molecule has 0 saturated carbocycles. The van der Waals surface area contributed by atoms with Gasteiger partial charge in [-0.1, -0.05) is 30.3 Å². The lowest BCUT2D eigenvalue weighted by Gasteiger charge is -2.14. The van der Waals surface area contributed by atoms with E-state index in [4.69, 9.17) is 5.73 Å². The molecule has 2 rings (SSSR count). The van der Waals surface area contributed by atoms with Crippen LogP contribution in [-0.2, 0) is 4.79 Å². The van der Waals surface area contributed by atoms with Crippen molar-refractivity contribution >= 4 is 5.91 Å². The number of rotatable bonds is 2. The van der Waals surface area contributed by atoms with Gasteiger partial charge in [-0.15, -0.1) is 0 Å².